The molecular weight excluding hydrogens is 651 g/mol. The molecule has 242 valence electrons. The third-order valence-corrected chi connectivity index (χ3v) is 11.5. The summed E-state index contributed by atoms with van der Waals surface area (Å²) in [5, 5.41) is 10.1. The number of nitrogens with zero attached hydrogens (tertiary/aromatic N) is 3. The first kappa shape index (κ1) is 29.1. The van der Waals surface area contributed by atoms with E-state index in [0.717, 1.165) is 33.5 Å². The molecule has 0 atom stereocenters. The monoisotopic (exact) mass is 679 g/mol. The second-order valence-electron chi connectivity index (χ2n) is 13.4. The minimum Gasteiger partial charge on any atom is -0.278 e. The van der Waals surface area contributed by atoms with Crippen LogP contribution in [0, 0.1) is 0 Å². The minimum absolute atomic E-state index is 0.655. The zero-order chi connectivity index (χ0) is 34.2. The minimum atomic E-state index is 0.655. The maximum atomic E-state index is 5.22. The molecule has 0 saturated carbocycles. The molecule has 0 unspecified atom stereocenters. The number of thiophene rings is 1. The highest BCUT2D eigenvalue weighted by molar-refractivity contribution is 7.25. The molecule has 4 heteroatoms. The Hall–Kier alpha value is -6.62. The fraction of sp³-hybridized carbons (Fsp3) is 0. The van der Waals surface area contributed by atoms with Crippen molar-refractivity contribution < 1.29 is 0 Å². The summed E-state index contributed by atoms with van der Waals surface area (Å²) < 4.78 is 4.88. The predicted octanol–water partition coefficient (Wildman–Crippen LogP) is 13.2. The van der Waals surface area contributed by atoms with Gasteiger partial charge in [-0.25, -0.2) is 9.97 Å². The van der Waals surface area contributed by atoms with Gasteiger partial charge in [-0.3, -0.25) is 4.57 Å². The van der Waals surface area contributed by atoms with Crippen molar-refractivity contribution in [2.75, 3.05) is 0 Å². The van der Waals surface area contributed by atoms with E-state index in [2.05, 4.69) is 168 Å². The highest BCUT2D eigenvalue weighted by atomic mass is 32.1. The Balaban J connectivity index is 1.15. The number of hydrogen-bond acceptors (Lipinski definition) is 3. The molecule has 0 aliphatic carbocycles. The molecule has 0 amide bonds. The van der Waals surface area contributed by atoms with Crippen molar-refractivity contribution in [2.45, 2.75) is 0 Å². The van der Waals surface area contributed by atoms with Gasteiger partial charge in [-0.2, -0.15) is 0 Å². The molecule has 3 heterocycles. The molecule has 3 nitrogen and oxygen atoms in total. The summed E-state index contributed by atoms with van der Waals surface area (Å²) in [4.78, 5) is 10.4. The summed E-state index contributed by atoms with van der Waals surface area (Å²) in [5.41, 5.74) is 8.47. The number of benzene rings is 8. The van der Waals surface area contributed by atoms with E-state index in [1.54, 1.807) is 0 Å². The molecule has 0 saturated heterocycles. The highest BCUT2D eigenvalue weighted by Crippen LogP contribution is 2.42. The lowest BCUT2D eigenvalue weighted by atomic mass is 9.92. The SMILES string of the molecule is c1ccc(-c2cc(-c3ccccc3)nc(-n3c4ccccc4c4cc(-c5cc6cc7c(cc6c6ccccc56)sc5ccccc57)ccc43)n2)cc1. The molecule has 11 aromatic rings. The molecular formula is C48H29N3S. The lowest BCUT2D eigenvalue weighted by Crippen LogP contribution is -2.04. The number of aromatic nitrogens is 3. The van der Waals surface area contributed by atoms with Crippen LogP contribution in [0.5, 0.6) is 0 Å². The lowest BCUT2D eigenvalue weighted by Gasteiger charge is -2.13. The van der Waals surface area contributed by atoms with Crippen LogP contribution in [0.4, 0.5) is 0 Å². The first-order chi connectivity index (χ1) is 25.8. The second-order valence-corrected chi connectivity index (χ2v) is 14.5. The summed E-state index contributed by atoms with van der Waals surface area (Å²) in [6, 6.07) is 63.1. The predicted molar refractivity (Wildman–Crippen MR) is 221 cm³/mol. The zero-order valence-corrected chi connectivity index (χ0v) is 28.8. The van der Waals surface area contributed by atoms with E-state index in [-0.39, 0.29) is 0 Å². The van der Waals surface area contributed by atoms with Gasteiger partial charge in [0.15, 0.2) is 0 Å². The smallest absolute Gasteiger partial charge is 0.235 e. The van der Waals surface area contributed by atoms with Crippen LogP contribution in [0.15, 0.2) is 176 Å². The number of rotatable bonds is 4. The van der Waals surface area contributed by atoms with Crippen LogP contribution in [-0.4, -0.2) is 14.5 Å². The van der Waals surface area contributed by atoms with Crippen molar-refractivity contribution >= 4 is 74.9 Å². The van der Waals surface area contributed by atoms with E-state index in [1.165, 1.54) is 63.6 Å². The summed E-state index contributed by atoms with van der Waals surface area (Å²) in [6.45, 7) is 0. The zero-order valence-electron chi connectivity index (χ0n) is 28.0. The van der Waals surface area contributed by atoms with E-state index < -0.39 is 0 Å². The van der Waals surface area contributed by atoms with E-state index in [0.29, 0.717) is 5.95 Å². The summed E-state index contributed by atoms with van der Waals surface area (Å²) in [5.74, 6) is 0.655. The number of fused-ring (bicyclic) bond motifs is 9. The van der Waals surface area contributed by atoms with E-state index in [9.17, 15) is 0 Å². The van der Waals surface area contributed by atoms with E-state index >= 15 is 0 Å². The molecule has 0 N–H and O–H groups in total. The van der Waals surface area contributed by atoms with Gasteiger partial charge in [0, 0.05) is 42.1 Å². The van der Waals surface area contributed by atoms with Gasteiger partial charge in [0.05, 0.1) is 22.4 Å². The molecule has 8 aromatic carbocycles. The van der Waals surface area contributed by atoms with Gasteiger partial charge in [0.2, 0.25) is 5.95 Å². The Kier molecular flexibility index (Phi) is 6.42. The summed E-state index contributed by atoms with van der Waals surface area (Å²) >= 11 is 1.88. The third-order valence-electron chi connectivity index (χ3n) is 10.4. The van der Waals surface area contributed by atoms with Crippen LogP contribution in [0.3, 0.4) is 0 Å². The molecule has 0 bridgehead atoms. The van der Waals surface area contributed by atoms with Gasteiger partial charge in [0.25, 0.3) is 0 Å². The maximum Gasteiger partial charge on any atom is 0.235 e. The number of hydrogen-bond donors (Lipinski definition) is 0. The van der Waals surface area contributed by atoms with E-state index in [4.69, 9.17) is 9.97 Å². The quantitative estimate of drug-likeness (QED) is 0.173. The lowest BCUT2D eigenvalue weighted by molar-refractivity contribution is 0.995. The fourth-order valence-electron chi connectivity index (χ4n) is 7.97. The van der Waals surface area contributed by atoms with Crippen molar-refractivity contribution in [2.24, 2.45) is 0 Å². The molecule has 52 heavy (non-hydrogen) atoms. The fourth-order valence-corrected chi connectivity index (χ4v) is 9.10. The van der Waals surface area contributed by atoms with Crippen LogP contribution in [0.1, 0.15) is 0 Å². The Morgan fingerprint density at radius 2 is 0.981 bits per heavy atom. The van der Waals surface area contributed by atoms with Crippen LogP contribution < -0.4 is 0 Å². The molecule has 0 spiro atoms. The van der Waals surface area contributed by atoms with Crippen molar-refractivity contribution in [3.8, 4) is 39.6 Å². The van der Waals surface area contributed by atoms with Crippen molar-refractivity contribution in [1.82, 2.24) is 14.5 Å². The van der Waals surface area contributed by atoms with Crippen LogP contribution in [0.2, 0.25) is 0 Å². The van der Waals surface area contributed by atoms with Crippen LogP contribution in [0.25, 0.3) is 103 Å². The molecule has 0 aliphatic rings. The second kappa shape index (κ2) is 11.5. The molecule has 3 aromatic heterocycles. The van der Waals surface area contributed by atoms with Gasteiger partial charge in [-0.1, -0.05) is 127 Å². The van der Waals surface area contributed by atoms with Gasteiger partial charge in [-0.05, 0) is 81.2 Å². The topological polar surface area (TPSA) is 30.7 Å². The first-order valence-corrected chi connectivity index (χ1v) is 18.4. The Morgan fingerprint density at radius 1 is 0.365 bits per heavy atom. The van der Waals surface area contributed by atoms with Gasteiger partial charge >= 0.3 is 0 Å². The summed E-state index contributed by atoms with van der Waals surface area (Å²) in [6.07, 6.45) is 0. The molecule has 0 fully saturated rings. The largest absolute Gasteiger partial charge is 0.278 e. The van der Waals surface area contributed by atoms with Crippen molar-refractivity contribution in [3.63, 3.8) is 0 Å². The number of para-hydroxylation sites is 1. The standard InChI is InChI=1S/C48H29N3S/c1-3-13-30(14-4-1)42-29-43(31-15-5-2-6-16-31)50-48(49-42)51-44-21-11-9-19-36(44)40-25-32(23-24-45(40)51)38-26-33-27-41-37-20-10-12-22-46(37)52-47(41)28-39(33)35-18-8-7-17-34(35)38/h1-29H. The normalized spacial score (nSPS) is 11.8. The average Bonchev–Trinajstić information content (AvgIpc) is 3.75. The Labute approximate surface area is 303 Å². The first-order valence-electron chi connectivity index (χ1n) is 17.6. The Morgan fingerprint density at radius 3 is 1.73 bits per heavy atom. The Bertz CT molecular complexity index is 3120. The van der Waals surface area contributed by atoms with Gasteiger partial charge in [0.1, 0.15) is 0 Å². The van der Waals surface area contributed by atoms with Crippen molar-refractivity contribution in [1.29, 1.82) is 0 Å². The summed E-state index contributed by atoms with van der Waals surface area (Å²) in [7, 11) is 0. The average molecular weight is 680 g/mol. The highest BCUT2D eigenvalue weighted by Gasteiger charge is 2.19. The molecule has 0 radical (unpaired) electrons. The van der Waals surface area contributed by atoms with Crippen LogP contribution >= 0.6 is 11.3 Å². The van der Waals surface area contributed by atoms with Gasteiger partial charge < -0.3 is 0 Å². The third kappa shape index (κ3) is 4.51. The molecule has 11 rings (SSSR count). The molecule has 0 aliphatic heterocycles. The maximum absolute atomic E-state index is 5.22. The van der Waals surface area contributed by atoms with Crippen molar-refractivity contribution in [3.05, 3.63) is 176 Å². The van der Waals surface area contributed by atoms with Crippen LogP contribution in [-0.2, 0) is 0 Å². The van der Waals surface area contributed by atoms with E-state index in [1.807, 2.05) is 23.5 Å². The van der Waals surface area contributed by atoms with Gasteiger partial charge in [-0.15, -0.1) is 11.3 Å².